The second-order valence-corrected chi connectivity index (χ2v) is 2.19. The first-order valence-electron chi connectivity index (χ1n) is 2.66. The molecule has 0 unspecified atom stereocenters. The van der Waals surface area contributed by atoms with Crippen LogP contribution >= 0.6 is 0 Å². The van der Waals surface area contributed by atoms with Gasteiger partial charge in [0.15, 0.2) is 6.29 Å². The van der Waals surface area contributed by atoms with Crippen LogP contribution in [0.2, 0.25) is 0 Å². The molecule has 0 rings (SSSR count). The Morgan fingerprint density at radius 2 is 1.45 bits per heavy atom. The molecule has 0 aliphatic carbocycles. The molecular weight excluding hydrogens is 156 g/mol. The van der Waals surface area contributed by atoms with E-state index in [1.165, 1.54) is 0 Å². The molecule has 0 amide bonds. The number of hydrogen-bond donors (Lipinski definition) is 4. The van der Waals surface area contributed by atoms with Gasteiger partial charge in [-0.3, -0.25) is 9.59 Å². The lowest BCUT2D eigenvalue weighted by Gasteiger charge is -2.20. The Bertz CT molecular complexity index is 169. The molecule has 0 saturated heterocycles. The lowest BCUT2D eigenvalue weighted by molar-refractivity contribution is -0.192. The average Bonchev–Trinajstić information content (AvgIpc) is 1.84. The van der Waals surface area contributed by atoms with Crippen molar-refractivity contribution in [1.29, 1.82) is 0 Å². The van der Waals surface area contributed by atoms with E-state index in [0.29, 0.717) is 6.92 Å². The predicted octanol–water partition coefficient (Wildman–Crippen LogP) is -1.53. The van der Waals surface area contributed by atoms with Crippen molar-refractivity contribution >= 4 is 11.9 Å². The van der Waals surface area contributed by atoms with Crippen LogP contribution in [0.15, 0.2) is 0 Å². The van der Waals surface area contributed by atoms with Crippen LogP contribution in [0.4, 0.5) is 0 Å². The van der Waals surface area contributed by atoms with E-state index >= 15 is 0 Å². The lowest BCUT2D eigenvalue weighted by atomic mass is 9.90. The van der Waals surface area contributed by atoms with E-state index in [0.717, 1.165) is 0 Å². The maximum atomic E-state index is 10.2. The summed E-state index contributed by atoms with van der Waals surface area (Å²) in [5, 5.41) is 33.4. The summed E-state index contributed by atoms with van der Waals surface area (Å²) >= 11 is 0. The van der Waals surface area contributed by atoms with Crippen LogP contribution in [0.3, 0.4) is 0 Å². The number of aliphatic carboxylic acids is 2. The molecule has 6 heteroatoms. The minimum absolute atomic E-state index is 0.711. The van der Waals surface area contributed by atoms with E-state index in [1.54, 1.807) is 0 Å². The summed E-state index contributed by atoms with van der Waals surface area (Å²) < 4.78 is 0. The van der Waals surface area contributed by atoms with Gasteiger partial charge in [-0.1, -0.05) is 0 Å². The van der Waals surface area contributed by atoms with Crippen LogP contribution in [-0.4, -0.2) is 38.7 Å². The topological polar surface area (TPSA) is 115 Å². The Hall–Kier alpha value is -1.14. The average molecular weight is 164 g/mol. The first-order chi connectivity index (χ1) is 4.83. The van der Waals surface area contributed by atoms with Crippen molar-refractivity contribution in [3.63, 3.8) is 0 Å². The van der Waals surface area contributed by atoms with E-state index in [4.69, 9.17) is 20.4 Å². The van der Waals surface area contributed by atoms with Crippen molar-refractivity contribution in [2.75, 3.05) is 0 Å². The quantitative estimate of drug-likeness (QED) is 0.297. The van der Waals surface area contributed by atoms with Crippen molar-refractivity contribution in [3.8, 4) is 0 Å². The monoisotopic (exact) mass is 164 g/mol. The summed E-state index contributed by atoms with van der Waals surface area (Å²) in [7, 11) is 0. The minimum atomic E-state index is -2.56. The van der Waals surface area contributed by atoms with Gasteiger partial charge in [0.05, 0.1) is 0 Å². The zero-order valence-corrected chi connectivity index (χ0v) is 5.68. The number of carboxylic acid groups (broad SMARTS) is 2. The first kappa shape index (κ1) is 9.86. The van der Waals surface area contributed by atoms with Gasteiger partial charge in [0.2, 0.25) is 5.41 Å². The van der Waals surface area contributed by atoms with Gasteiger partial charge in [0.1, 0.15) is 0 Å². The molecule has 0 radical (unpaired) electrons. The van der Waals surface area contributed by atoms with Gasteiger partial charge in [0, 0.05) is 0 Å². The molecule has 0 heterocycles. The molecule has 6 nitrogen and oxygen atoms in total. The summed E-state index contributed by atoms with van der Waals surface area (Å²) in [6, 6.07) is 0. The molecule has 0 spiro atoms. The predicted molar refractivity (Wildman–Crippen MR) is 31.6 cm³/mol. The van der Waals surface area contributed by atoms with E-state index in [9.17, 15) is 9.59 Å². The zero-order valence-electron chi connectivity index (χ0n) is 5.68. The van der Waals surface area contributed by atoms with Gasteiger partial charge in [-0.15, -0.1) is 0 Å². The normalized spacial score (nSPS) is 11.6. The van der Waals surface area contributed by atoms with Crippen molar-refractivity contribution < 1.29 is 30.0 Å². The summed E-state index contributed by atoms with van der Waals surface area (Å²) in [6.45, 7) is 0.711. The molecule has 0 atom stereocenters. The van der Waals surface area contributed by atoms with E-state index in [2.05, 4.69) is 0 Å². The van der Waals surface area contributed by atoms with Gasteiger partial charge in [-0.05, 0) is 6.92 Å². The van der Waals surface area contributed by atoms with Crippen LogP contribution in [0.5, 0.6) is 0 Å². The standard InChI is InChI=1S/C5H8O6/c1-5(2(6)7,3(8)9)4(10)11/h2,6-7H,1H3,(H,8,9)(H,10,11). The summed E-state index contributed by atoms with van der Waals surface area (Å²) in [4.78, 5) is 20.4. The van der Waals surface area contributed by atoms with Crippen LogP contribution < -0.4 is 0 Å². The molecular formula is C5H8O6. The second-order valence-electron chi connectivity index (χ2n) is 2.19. The summed E-state index contributed by atoms with van der Waals surface area (Å²) in [6.07, 6.45) is -2.42. The zero-order chi connectivity index (χ0) is 9.23. The molecule has 0 aromatic rings. The molecule has 0 aromatic carbocycles. The number of carboxylic acids is 2. The number of aliphatic hydroxyl groups is 2. The smallest absolute Gasteiger partial charge is 0.326 e. The molecule has 0 aliphatic heterocycles. The molecule has 0 fully saturated rings. The number of aliphatic hydroxyl groups excluding tert-OH is 1. The highest BCUT2D eigenvalue weighted by molar-refractivity contribution is 5.98. The molecule has 11 heavy (non-hydrogen) atoms. The SMILES string of the molecule is CC(C(=O)O)(C(=O)O)C(O)O. The first-order valence-corrected chi connectivity index (χ1v) is 2.66. The van der Waals surface area contributed by atoms with E-state index < -0.39 is 23.6 Å². The molecule has 0 saturated carbocycles. The van der Waals surface area contributed by atoms with Crippen LogP contribution in [0, 0.1) is 5.41 Å². The van der Waals surface area contributed by atoms with Crippen molar-refractivity contribution in [2.24, 2.45) is 5.41 Å². The van der Waals surface area contributed by atoms with Crippen LogP contribution in [0.25, 0.3) is 0 Å². The second kappa shape index (κ2) is 2.85. The lowest BCUT2D eigenvalue weighted by Crippen LogP contribution is -2.46. The fourth-order valence-electron chi connectivity index (χ4n) is 0.312. The third-order valence-corrected chi connectivity index (χ3v) is 1.40. The van der Waals surface area contributed by atoms with Crippen molar-refractivity contribution in [2.45, 2.75) is 13.2 Å². The van der Waals surface area contributed by atoms with Gasteiger partial charge in [0.25, 0.3) is 0 Å². The largest absolute Gasteiger partial charge is 0.480 e. The Labute approximate surface area is 61.7 Å². The Morgan fingerprint density at radius 1 is 1.18 bits per heavy atom. The third-order valence-electron chi connectivity index (χ3n) is 1.40. The highest BCUT2D eigenvalue weighted by Gasteiger charge is 2.48. The van der Waals surface area contributed by atoms with Gasteiger partial charge >= 0.3 is 11.9 Å². The molecule has 4 N–H and O–H groups in total. The number of carbonyl (C=O) groups is 2. The highest BCUT2D eigenvalue weighted by atomic mass is 16.5. The molecule has 0 bridgehead atoms. The van der Waals surface area contributed by atoms with E-state index in [-0.39, 0.29) is 0 Å². The van der Waals surface area contributed by atoms with Gasteiger partial charge < -0.3 is 20.4 Å². The maximum Gasteiger partial charge on any atom is 0.326 e. The Kier molecular flexibility index (Phi) is 2.55. The number of hydrogen-bond acceptors (Lipinski definition) is 4. The Balaban J connectivity index is 4.82. The van der Waals surface area contributed by atoms with E-state index in [1.807, 2.05) is 0 Å². The summed E-state index contributed by atoms with van der Waals surface area (Å²) in [5.74, 6) is -3.58. The van der Waals surface area contributed by atoms with Crippen molar-refractivity contribution in [3.05, 3.63) is 0 Å². The maximum absolute atomic E-state index is 10.2. The number of rotatable bonds is 3. The minimum Gasteiger partial charge on any atom is -0.480 e. The fraction of sp³-hybridized carbons (Fsp3) is 0.600. The Morgan fingerprint density at radius 3 is 1.45 bits per heavy atom. The molecule has 0 aromatic heterocycles. The van der Waals surface area contributed by atoms with Crippen LogP contribution in [0.1, 0.15) is 6.92 Å². The van der Waals surface area contributed by atoms with Crippen molar-refractivity contribution in [1.82, 2.24) is 0 Å². The fourth-order valence-corrected chi connectivity index (χ4v) is 0.312. The van der Waals surface area contributed by atoms with Crippen LogP contribution in [-0.2, 0) is 9.59 Å². The molecule has 64 valence electrons. The van der Waals surface area contributed by atoms with Gasteiger partial charge in [-0.2, -0.15) is 0 Å². The molecule has 0 aliphatic rings. The third kappa shape index (κ3) is 1.47. The summed E-state index contributed by atoms with van der Waals surface area (Å²) in [5.41, 5.74) is -2.56. The van der Waals surface area contributed by atoms with Gasteiger partial charge in [-0.25, -0.2) is 0 Å². The highest BCUT2D eigenvalue weighted by Crippen LogP contribution is 2.20.